The van der Waals surface area contributed by atoms with Gasteiger partial charge in [0.2, 0.25) is 0 Å². The lowest BCUT2D eigenvalue weighted by Gasteiger charge is -2.03. The normalized spacial score (nSPS) is 9.59. The van der Waals surface area contributed by atoms with Crippen LogP contribution in [-0.4, -0.2) is 6.21 Å². The maximum absolute atomic E-state index is 9.01. The van der Waals surface area contributed by atoms with Crippen molar-refractivity contribution in [3.8, 4) is 12.1 Å². The first-order chi connectivity index (χ1) is 8.08. The van der Waals surface area contributed by atoms with Crippen LogP contribution < -0.4 is 0 Å². The minimum atomic E-state index is 0.108. The summed E-state index contributed by atoms with van der Waals surface area (Å²) in [6.45, 7) is 9.16. The van der Waals surface area contributed by atoms with Crippen LogP contribution in [0.1, 0.15) is 16.7 Å². The number of hydrogen-bond donors (Lipinski definition) is 0. The van der Waals surface area contributed by atoms with Gasteiger partial charge in [-0.25, -0.2) is 4.99 Å². The molecular weight excluding hydrogens is 210 g/mol. The van der Waals surface area contributed by atoms with E-state index in [9.17, 15) is 0 Å². The number of nitrogens with zero attached hydrogens (tertiary/aromatic N) is 3. The van der Waals surface area contributed by atoms with Crippen molar-refractivity contribution in [2.45, 2.75) is 6.92 Å². The Labute approximate surface area is 101 Å². The van der Waals surface area contributed by atoms with Gasteiger partial charge in [0.15, 0.2) is 0 Å². The van der Waals surface area contributed by atoms with Crippen LogP contribution in [0.4, 0.5) is 0 Å². The van der Waals surface area contributed by atoms with Crippen LogP contribution >= 0.6 is 0 Å². The fraction of sp³-hybridized carbons (Fsp3) is 0.0714. The van der Waals surface area contributed by atoms with E-state index in [2.05, 4.69) is 24.2 Å². The Hall–Kier alpha value is -2.65. The average Bonchev–Trinajstić information content (AvgIpc) is 2.35. The lowest BCUT2D eigenvalue weighted by atomic mass is 10.0. The number of aliphatic imine (C=N–C) groups is 1. The Morgan fingerprint density at radius 1 is 1.35 bits per heavy atom. The van der Waals surface area contributed by atoms with E-state index < -0.39 is 0 Å². The molecule has 0 saturated heterocycles. The van der Waals surface area contributed by atoms with Gasteiger partial charge in [-0.3, -0.25) is 0 Å². The quantitative estimate of drug-likeness (QED) is 0.582. The Balaban J connectivity index is 3.07. The molecule has 82 valence electrons. The molecule has 0 aliphatic carbocycles. The van der Waals surface area contributed by atoms with Crippen LogP contribution in [0.2, 0.25) is 0 Å². The average molecular weight is 221 g/mol. The van der Waals surface area contributed by atoms with Gasteiger partial charge in [-0.1, -0.05) is 25.3 Å². The smallest absolute Gasteiger partial charge is 0.133 e. The Morgan fingerprint density at radius 3 is 2.65 bits per heavy atom. The van der Waals surface area contributed by atoms with E-state index in [4.69, 9.17) is 10.5 Å². The molecule has 3 heteroatoms. The topological polar surface area (TPSA) is 59.9 Å². The second kappa shape index (κ2) is 5.44. The summed E-state index contributed by atoms with van der Waals surface area (Å²) >= 11 is 0. The molecule has 0 fully saturated rings. The molecule has 0 N–H and O–H groups in total. The lowest BCUT2D eigenvalue weighted by Crippen LogP contribution is -1.91. The van der Waals surface area contributed by atoms with Gasteiger partial charge < -0.3 is 0 Å². The van der Waals surface area contributed by atoms with Crippen LogP contribution in [0, 0.1) is 29.6 Å². The number of nitriles is 2. The Morgan fingerprint density at radius 2 is 2.06 bits per heavy atom. The van der Waals surface area contributed by atoms with Gasteiger partial charge in [-0.15, -0.1) is 0 Å². The summed E-state index contributed by atoms with van der Waals surface area (Å²) < 4.78 is 0. The number of rotatable bonds is 3. The molecule has 0 saturated carbocycles. The Bertz CT molecular complexity index is 580. The SMILES string of the molecule is C=C(C#N)N=CC(=C)c1ccc(C)cc1C#N. The molecule has 0 bridgehead atoms. The summed E-state index contributed by atoms with van der Waals surface area (Å²) in [4.78, 5) is 3.83. The van der Waals surface area contributed by atoms with Crippen molar-refractivity contribution in [3.05, 3.63) is 53.7 Å². The molecule has 0 amide bonds. The zero-order valence-corrected chi connectivity index (χ0v) is 9.57. The first-order valence-corrected chi connectivity index (χ1v) is 4.91. The van der Waals surface area contributed by atoms with Crippen molar-refractivity contribution < 1.29 is 0 Å². The molecule has 0 aromatic heterocycles. The number of benzene rings is 1. The summed E-state index contributed by atoms with van der Waals surface area (Å²) in [5, 5.41) is 17.5. The van der Waals surface area contributed by atoms with Crippen LogP contribution in [-0.2, 0) is 0 Å². The number of hydrogen-bond acceptors (Lipinski definition) is 3. The molecule has 0 spiro atoms. The second-order valence-electron chi connectivity index (χ2n) is 3.50. The molecule has 0 atom stereocenters. The van der Waals surface area contributed by atoms with Crippen molar-refractivity contribution in [3.63, 3.8) is 0 Å². The monoisotopic (exact) mass is 221 g/mol. The van der Waals surface area contributed by atoms with Crippen molar-refractivity contribution >= 4 is 11.8 Å². The largest absolute Gasteiger partial charge is 0.246 e. The highest BCUT2D eigenvalue weighted by Gasteiger charge is 2.04. The maximum Gasteiger partial charge on any atom is 0.133 e. The molecule has 0 radical (unpaired) electrons. The van der Waals surface area contributed by atoms with E-state index in [0.29, 0.717) is 16.7 Å². The molecule has 0 aliphatic rings. The van der Waals surface area contributed by atoms with Crippen molar-refractivity contribution in [1.29, 1.82) is 10.5 Å². The zero-order valence-electron chi connectivity index (χ0n) is 9.57. The van der Waals surface area contributed by atoms with Crippen molar-refractivity contribution in [2.75, 3.05) is 0 Å². The van der Waals surface area contributed by atoms with E-state index in [1.54, 1.807) is 6.07 Å². The van der Waals surface area contributed by atoms with Gasteiger partial charge in [-0.2, -0.15) is 10.5 Å². The molecular formula is C14H11N3. The predicted molar refractivity (Wildman–Crippen MR) is 68.2 cm³/mol. The summed E-state index contributed by atoms with van der Waals surface area (Å²) in [5.74, 6) is 0. The van der Waals surface area contributed by atoms with Crippen LogP contribution in [0.3, 0.4) is 0 Å². The van der Waals surface area contributed by atoms with Crippen LogP contribution in [0.5, 0.6) is 0 Å². The highest BCUT2D eigenvalue weighted by Crippen LogP contribution is 2.17. The minimum absolute atomic E-state index is 0.108. The second-order valence-corrected chi connectivity index (χ2v) is 3.50. The van der Waals surface area contributed by atoms with Gasteiger partial charge in [0.25, 0.3) is 0 Å². The highest BCUT2D eigenvalue weighted by molar-refractivity contribution is 6.10. The van der Waals surface area contributed by atoms with Crippen molar-refractivity contribution in [2.24, 2.45) is 4.99 Å². The van der Waals surface area contributed by atoms with E-state index in [0.717, 1.165) is 5.56 Å². The molecule has 0 unspecified atom stereocenters. The standard InChI is InChI=1S/C14H11N3/c1-10-4-5-14(13(6-10)8-16)11(2)9-17-12(3)7-15/h4-6,9H,2-3H2,1H3. The van der Waals surface area contributed by atoms with Crippen LogP contribution in [0.25, 0.3) is 5.57 Å². The fourth-order valence-electron chi connectivity index (χ4n) is 1.28. The minimum Gasteiger partial charge on any atom is -0.246 e. The summed E-state index contributed by atoms with van der Waals surface area (Å²) in [6, 6.07) is 9.42. The third-order valence-electron chi connectivity index (χ3n) is 2.15. The zero-order chi connectivity index (χ0) is 12.8. The number of allylic oxidation sites excluding steroid dienone is 2. The van der Waals surface area contributed by atoms with E-state index in [1.165, 1.54) is 6.21 Å². The molecule has 17 heavy (non-hydrogen) atoms. The van der Waals surface area contributed by atoms with Gasteiger partial charge in [-0.05, 0) is 24.1 Å². The summed E-state index contributed by atoms with van der Waals surface area (Å²) in [5.41, 5.74) is 2.96. The van der Waals surface area contributed by atoms with E-state index in [-0.39, 0.29) is 5.70 Å². The Kier molecular flexibility index (Phi) is 3.97. The molecule has 1 rings (SSSR count). The molecule has 0 aliphatic heterocycles. The van der Waals surface area contributed by atoms with Gasteiger partial charge >= 0.3 is 0 Å². The maximum atomic E-state index is 9.01. The van der Waals surface area contributed by atoms with Crippen molar-refractivity contribution in [1.82, 2.24) is 0 Å². The molecule has 3 nitrogen and oxygen atoms in total. The first-order valence-electron chi connectivity index (χ1n) is 4.91. The third kappa shape index (κ3) is 3.15. The third-order valence-corrected chi connectivity index (χ3v) is 2.15. The van der Waals surface area contributed by atoms with E-state index >= 15 is 0 Å². The van der Waals surface area contributed by atoms with Gasteiger partial charge in [0.05, 0.1) is 11.6 Å². The van der Waals surface area contributed by atoms with Gasteiger partial charge in [0, 0.05) is 11.8 Å². The molecule has 1 aromatic rings. The predicted octanol–water partition coefficient (Wildman–Crippen LogP) is 2.99. The van der Waals surface area contributed by atoms with Crippen LogP contribution in [0.15, 0.2) is 42.0 Å². The molecule has 1 aromatic carbocycles. The number of aryl methyl sites for hydroxylation is 1. The van der Waals surface area contributed by atoms with E-state index in [1.807, 2.05) is 25.1 Å². The van der Waals surface area contributed by atoms with Gasteiger partial charge in [0.1, 0.15) is 11.8 Å². The summed E-state index contributed by atoms with van der Waals surface area (Å²) in [7, 11) is 0. The fourth-order valence-corrected chi connectivity index (χ4v) is 1.28. The lowest BCUT2D eigenvalue weighted by molar-refractivity contribution is 1.39. The highest BCUT2D eigenvalue weighted by atomic mass is 14.7. The summed E-state index contributed by atoms with van der Waals surface area (Å²) in [6.07, 6.45) is 1.44. The first kappa shape index (κ1) is 12.4. The molecule has 0 heterocycles.